The topological polar surface area (TPSA) is 35.1 Å². The Labute approximate surface area is 239 Å². The predicted molar refractivity (Wildman–Crippen MR) is 145 cm³/mol. The van der Waals surface area contributed by atoms with E-state index in [1.54, 1.807) is 10.6 Å². The van der Waals surface area contributed by atoms with Crippen molar-refractivity contribution in [3.8, 4) is 0 Å². The van der Waals surface area contributed by atoms with Crippen molar-refractivity contribution in [1.82, 2.24) is 4.57 Å². The molecule has 0 aliphatic heterocycles. The number of ketones is 1. The summed E-state index contributed by atoms with van der Waals surface area (Å²) < 4.78 is 23.4. The number of hydrogen-bond donors (Lipinski definition) is 0. The molecule has 1 heterocycles. The third-order valence-corrected chi connectivity index (χ3v) is 6.99. The largest absolute Gasteiger partial charge is 1.00 e. The van der Waals surface area contributed by atoms with Crippen molar-refractivity contribution >= 4 is 29.0 Å². The van der Waals surface area contributed by atoms with Gasteiger partial charge >= 0.3 is 0 Å². The summed E-state index contributed by atoms with van der Waals surface area (Å²) in [7, 11) is 0. The molecule has 4 aromatic rings. The second-order valence-corrected chi connectivity index (χ2v) is 9.83. The predicted octanol–water partition coefficient (Wildman–Crippen LogP) is 4.19. The molecule has 200 valence electrons. The fourth-order valence-corrected chi connectivity index (χ4v) is 4.82. The van der Waals surface area contributed by atoms with Crippen LogP contribution in [-0.2, 0) is 37.3 Å². The van der Waals surface area contributed by atoms with Gasteiger partial charge in [0.25, 0.3) is 0 Å². The third-order valence-electron chi connectivity index (χ3n) is 6.42. The number of aromatic nitrogens is 2. The molecule has 1 aromatic heterocycles. The van der Waals surface area contributed by atoms with E-state index in [2.05, 4.69) is 32.0 Å². The van der Waals surface area contributed by atoms with Crippen LogP contribution in [0.4, 0.5) is 4.39 Å². The number of nitrogens with zero attached hydrogens (tertiary/aromatic N) is 2. The van der Waals surface area contributed by atoms with Gasteiger partial charge in [0, 0.05) is 21.2 Å². The van der Waals surface area contributed by atoms with E-state index in [-0.39, 0.29) is 36.7 Å². The van der Waals surface area contributed by atoms with E-state index in [1.807, 2.05) is 35.4 Å². The van der Waals surface area contributed by atoms with E-state index in [9.17, 15) is 9.18 Å². The maximum atomic E-state index is 13.2. The smallest absolute Gasteiger partial charge is 0.244 e. The molecule has 1 atom stereocenters. The Morgan fingerprint density at radius 2 is 1.76 bits per heavy atom. The first-order chi connectivity index (χ1) is 17.9. The number of imidazole rings is 1. The molecule has 3 aromatic carbocycles. The van der Waals surface area contributed by atoms with Crippen molar-refractivity contribution in [3.05, 3.63) is 123 Å². The summed E-state index contributed by atoms with van der Waals surface area (Å²) in [6.07, 6.45) is 7.17. The molecule has 1 unspecified atom stereocenters. The van der Waals surface area contributed by atoms with Crippen LogP contribution >= 0.6 is 23.2 Å². The molecule has 0 aliphatic rings. The van der Waals surface area contributed by atoms with Crippen LogP contribution in [0.2, 0.25) is 10.0 Å². The lowest BCUT2D eigenvalue weighted by molar-refractivity contribution is -0.704. The quantitative estimate of drug-likeness (QED) is 0.199. The van der Waals surface area contributed by atoms with Crippen LogP contribution < -0.4 is 17.0 Å². The molecule has 0 saturated heterocycles. The first-order valence-corrected chi connectivity index (χ1v) is 13.1. The van der Waals surface area contributed by atoms with Crippen molar-refractivity contribution in [2.45, 2.75) is 52.5 Å². The summed E-state index contributed by atoms with van der Waals surface area (Å²) in [5, 5.41) is 1.11. The molecule has 0 bridgehead atoms. The van der Waals surface area contributed by atoms with Gasteiger partial charge in [0.05, 0.1) is 6.61 Å². The Balaban J connectivity index is 0.00000400. The number of hydrogen-bond acceptors (Lipinski definition) is 2. The lowest BCUT2D eigenvalue weighted by Gasteiger charge is -2.19. The standard InChI is InChI=1S/C30H30Cl2FN2O2.ClH/c1-3-21-5-6-24(22(4-2)15-21)19-37-30(27-12-9-25(31)16-28(27)32)18-35-14-13-34(20-35)17-29(36)23-7-10-26(33)11-8-23;/h5-16,20,30H,3-4,17-19H2,1-2H3;1H/q+1;/p-1. The highest BCUT2D eigenvalue weighted by Crippen LogP contribution is 2.30. The number of rotatable bonds is 11. The number of aryl methyl sites for hydroxylation is 2. The van der Waals surface area contributed by atoms with Gasteiger partial charge in [0.15, 0.2) is 6.54 Å². The molecule has 0 fully saturated rings. The minimum Gasteiger partial charge on any atom is -1.00 e. The molecule has 0 spiro atoms. The maximum absolute atomic E-state index is 13.2. The van der Waals surface area contributed by atoms with Crippen molar-refractivity contribution in [3.63, 3.8) is 0 Å². The number of benzene rings is 3. The molecule has 0 aliphatic carbocycles. The van der Waals surface area contributed by atoms with E-state index < -0.39 is 0 Å². The van der Waals surface area contributed by atoms with Gasteiger partial charge < -0.3 is 17.1 Å². The summed E-state index contributed by atoms with van der Waals surface area (Å²) in [6.45, 7) is 5.39. The van der Waals surface area contributed by atoms with Crippen LogP contribution in [0.15, 0.2) is 79.4 Å². The second kappa shape index (κ2) is 13.9. The number of ether oxygens (including phenoxy) is 1. The van der Waals surface area contributed by atoms with E-state index in [0.717, 1.165) is 24.0 Å². The van der Waals surface area contributed by atoms with Gasteiger partial charge in [-0.05, 0) is 65.9 Å². The molecule has 38 heavy (non-hydrogen) atoms. The molecular weight excluding hydrogens is 546 g/mol. The Morgan fingerprint density at radius 3 is 2.45 bits per heavy atom. The summed E-state index contributed by atoms with van der Waals surface area (Å²) in [6, 6.07) is 17.5. The van der Waals surface area contributed by atoms with E-state index in [0.29, 0.717) is 28.8 Å². The summed E-state index contributed by atoms with van der Waals surface area (Å²) in [4.78, 5) is 12.6. The lowest BCUT2D eigenvalue weighted by Crippen LogP contribution is -3.00. The molecule has 4 nitrogen and oxygen atoms in total. The zero-order valence-corrected chi connectivity index (χ0v) is 23.6. The minimum absolute atomic E-state index is 0. The van der Waals surface area contributed by atoms with Gasteiger partial charge in [0.1, 0.15) is 30.9 Å². The highest BCUT2D eigenvalue weighted by molar-refractivity contribution is 6.35. The number of Topliss-reactive ketones (excluding diaryl/α,β-unsaturated/α-hetero) is 1. The monoisotopic (exact) mass is 574 g/mol. The highest BCUT2D eigenvalue weighted by atomic mass is 35.5. The van der Waals surface area contributed by atoms with Crippen LogP contribution in [0.5, 0.6) is 0 Å². The first kappa shape index (κ1) is 29.9. The Bertz CT molecular complexity index is 1370. The van der Waals surface area contributed by atoms with Crippen molar-refractivity contribution in [1.29, 1.82) is 0 Å². The molecule has 0 radical (unpaired) electrons. The Kier molecular flexibility index (Phi) is 10.9. The average Bonchev–Trinajstić information content (AvgIpc) is 3.33. The molecule has 0 amide bonds. The summed E-state index contributed by atoms with van der Waals surface area (Å²) in [5.41, 5.74) is 5.05. The van der Waals surface area contributed by atoms with Crippen LogP contribution in [0, 0.1) is 5.82 Å². The molecule has 8 heteroatoms. The van der Waals surface area contributed by atoms with Crippen LogP contribution in [0.25, 0.3) is 0 Å². The van der Waals surface area contributed by atoms with Crippen LogP contribution in [0.1, 0.15) is 52.6 Å². The van der Waals surface area contributed by atoms with Crippen molar-refractivity contribution in [2.75, 3.05) is 0 Å². The van der Waals surface area contributed by atoms with Gasteiger partial charge in [-0.25, -0.2) is 13.5 Å². The normalized spacial score (nSPS) is 11.7. The second-order valence-electron chi connectivity index (χ2n) is 8.99. The van der Waals surface area contributed by atoms with Crippen LogP contribution in [0.3, 0.4) is 0 Å². The van der Waals surface area contributed by atoms with Crippen molar-refractivity contribution < 1.29 is 30.9 Å². The highest BCUT2D eigenvalue weighted by Gasteiger charge is 2.21. The van der Waals surface area contributed by atoms with E-state index >= 15 is 0 Å². The fraction of sp³-hybridized carbons (Fsp3) is 0.267. The van der Waals surface area contributed by atoms with E-state index in [1.165, 1.54) is 35.4 Å². The van der Waals surface area contributed by atoms with Gasteiger partial charge in [-0.1, -0.05) is 61.3 Å². The van der Waals surface area contributed by atoms with Crippen molar-refractivity contribution in [2.24, 2.45) is 0 Å². The number of carbonyl (C=O) groups excluding carboxylic acids is 1. The van der Waals surface area contributed by atoms with Gasteiger partial charge in [-0.3, -0.25) is 4.79 Å². The summed E-state index contributed by atoms with van der Waals surface area (Å²) in [5.74, 6) is -0.464. The first-order valence-electron chi connectivity index (χ1n) is 12.4. The number of halogens is 4. The average molecular weight is 576 g/mol. The van der Waals surface area contributed by atoms with Gasteiger partial charge in [-0.15, -0.1) is 0 Å². The zero-order chi connectivity index (χ0) is 26.4. The summed E-state index contributed by atoms with van der Waals surface area (Å²) >= 11 is 12.7. The minimum atomic E-state index is -0.366. The lowest BCUT2D eigenvalue weighted by atomic mass is 10.0. The molecule has 0 saturated carbocycles. The third kappa shape index (κ3) is 7.67. The van der Waals surface area contributed by atoms with Gasteiger partial charge in [-0.2, -0.15) is 0 Å². The van der Waals surface area contributed by atoms with Crippen LogP contribution in [-0.4, -0.2) is 10.4 Å². The molecular formula is C30H30Cl3FN2O2. The SMILES string of the molecule is CCc1ccc(COC(C[n+]2ccn(CC(=O)c3ccc(F)cc3)c2)c2ccc(Cl)cc2Cl)c(CC)c1.[Cl-]. The molecule has 0 N–H and O–H groups in total. The van der Waals surface area contributed by atoms with E-state index in [4.69, 9.17) is 27.9 Å². The maximum Gasteiger partial charge on any atom is 0.244 e. The van der Waals surface area contributed by atoms with Gasteiger partial charge in [0.2, 0.25) is 12.1 Å². The fourth-order valence-electron chi connectivity index (χ4n) is 4.29. The number of carbonyl (C=O) groups is 1. The Morgan fingerprint density at radius 1 is 1.00 bits per heavy atom. The molecule has 4 rings (SSSR count). The Hall–Kier alpha value is -2.70. The zero-order valence-electron chi connectivity index (χ0n) is 21.3.